The van der Waals surface area contributed by atoms with Crippen LogP contribution >= 0.6 is 0 Å². The van der Waals surface area contributed by atoms with E-state index in [0.717, 1.165) is 19.3 Å². The second-order valence-electron chi connectivity index (χ2n) is 5.32. The van der Waals surface area contributed by atoms with E-state index >= 15 is 0 Å². The van der Waals surface area contributed by atoms with Crippen molar-refractivity contribution in [2.24, 2.45) is 17.1 Å². The maximum Gasteiger partial charge on any atom is 0.411 e. The quantitative estimate of drug-likeness (QED) is 0.738. The normalized spacial score (nSPS) is 29.8. The Morgan fingerprint density at radius 1 is 1.41 bits per heavy atom. The molecular weight excluding hydrogens is 231 g/mol. The summed E-state index contributed by atoms with van der Waals surface area (Å²) in [7, 11) is 0. The topological polar surface area (TPSA) is 35.2 Å². The number of nitrogens with two attached hydrogens (primary N) is 1. The van der Waals surface area contributed by atoms with Gasteiger partial charge < -0.3 is 10.5 Å². The molecule has 102 valence electrons. The van der Waals surface area contributed by atoms with E-state index in [4.69, 9.17) is 5.73 Å². The van der Waals surface area contributed by atoms with E-state index < -0.39 is 12.8 Å². The standard InChI is InChI=1S/C12H22F3NO/c1-10-3-5-11(7-10,8-16)4-2-6-17-9-12(13,14)15/h10H,2-9,16H2,1H3. The van der Waals surface area contributed by atoms with Crippen LogP contribution < -0.4 is 5.73 Å². The molecule has 0 amide bonds. The van der Waals surface area contributed by atoms with Crippen LogP contribution in [0.2, 0.25) is 0 Å². The van der Waals surface area contributed by atoms with E-state index in [1.54, 1.807) is 0 Å². The van der Waals surface area contributed by atoms with Gasteiger partial charge in [0.1, 0.15) is 6.61 Å². The average molecular weight is 253 g/mol. The molecule has 0 heterocycles. The summed E-state index contributed by atoms with van der Waals surface area (Å²) in [5.41, 5.74) is 5.95. The van der Waals surface area contributed by atoms with Gasteiger partial charge in [-0.05, 0) is 43.6 Å². The summed E-state index contributed by atoms with van der Waals surface area (Å²) in [6.45, 7) is 1.88. The number of alkyl halides is 3. The first-order valence-electron chi connectivity index (χ1n) is 6.21. The minimum atomic E-state index is -4.21. The summed E-state index contributed by atoms with van der Waals surface area (Å²) in [6.07, 6.45) is 0.715. The van der Waals surface area contributed by atoms with E-state index in [2.05, 4.69) is 11.7 Å². The van der Waals surface area contributed by atoms with Crippen molar-refractivity contribution in [2.45, 2.75) is 45.2 Å². The Bertz CT molecular complexity index is 232. The third-order valence-corrected chi connectivity index (χ3v) is 3.64. The zero-order chi connectivity index (χ0) is 12.9. The molecule has 1 rings (SSSR count). The van der Waals surface area contributed by atoms with Gasteiger partial charge in [0.15, 0.2) is 0 Å². The predicted molar refractivity (Wildman–Crippen MR) is 60.6 cm³/mol. The lowest BCUT2D eigenvalue weighted by atomic mass is 9.81. The van der Waals surface area contributed by atoms with Gasteiger partial charge in [-0.1, -0.05) is 13.3 Å². The van der Waals surface area contributed by atoms with Crippen molar-refractivity contribution in [3.8, 4) is 0 Å². The monoisotopic (exact) mass is 253 g/mol. The molecule has 0 aromatic carbocycles. The Labute approximate surface area is 101 Å². The van der Waals surface area contributed by atoms with Crippen LogP contribution in [0.4, 0.5) is 13.2 Å². The molecule has 0 aromatic heterocycles. The first kappa shape index (κ1) is 14.8. The van der Waals surface area contributed by atoms with Crippen molar-refractivity contribution in [1.82, 2.24) is 0 Å². The molecule has 5 heteroatoms. The van der Waals surface area contributed by atoms with Crippen molar-refractivity contribution < 1.29 is 17.9 Å². The third kappa shape index (κ3) is 5.25. The summed E-state index contributed by atoms with van der Waals surface area (Å²) in [5.74, 6) is 0.689. The van der Waals surface area contributed by atoms with Crippen LogP contribution in [0.15, 0.2) is 0 Å². The van der Waals surface area contributed by atoms with Crippen LogP contribution in [0.5, 0.6) is 0 Å². The molecule has 2 N–H and O–H groups in total. The third-order valence-electron chi connectivity index (χ3n) is 3.64. The Kier molecular flexibility index (Phi) is 5.25. The summed E-state index contributed by atoms with van der Waals surface area (Å²) in [4.78, 5) is 0. The van der Waals surface area contributed by atoms with E-state index in [0.29, 0.717) is 18.9 Å². The zero-order valence-corrected chi connectivity index (χ0v) is 10.4. The second kappa shape index (κ2) is 6.05. The molecule has 0 spiro atoms. The minimum Gasteiger partial charge on any atom is -0.372 e. The molecule has 2 atom stereocenters. The molecule has 1 saturated carbocycles. The van der Waals surface area contributed by atoms with Gasteiger partial charge in [0.05, 0.1) is 0 Å². The molecular formula is C12H22F3NO. The molecule has 0 aliphatic heterocycles. The maximum absolute atomic E-state index is 11.8. The lowest BCUT2D eigenvalue weighted by molar-refractivity contribution is -0.174. The lowest BCUT2D eigenvalue weighted by Crippen LogP contribution is -2.28. The summed E-state index contributed by atoms with van der Waals surface area (Å²) >= 11 is 0. The minimum absolute atomic E-state index is 0.154. The van der Waals surface area contributed by atoms with Gasteiger partial charge in [0, 0.05) is 6.61 Å². The van der Waals surface area contributed by atoms with Crippen LogP contribution in [0.3, 0.4) is 0 Å². The fourth-order valence-corrected chi connectivity index (χ4v) is 2.75. The van der Waals surface area contributed by atoms with Crippen LogP contribution in [0.25, 0.3) is 0 Å². The van der Waals surface area contributed by atoms with Gasteiger partial charge in [-0.2, -0.15) is 13.2 Å². The molecule has 0 radical (unpaired) electrons. The molecule has 17 heavy (non-hydrogen) atoms. The number of rotatable bonds is 6. The molecule has 1 fully saturated rings. The smallest absolute Gasteiger partial charge is 0.372 e. The highest BCUT2D eigenvalue weighted by Crippen LogP contribution is 2.44. The van der Waals surface area contributed by atoms with Gasteiger partial charge in [-0.25, -0.2) is 0 Å². The molecule has 0 aromatic rings. The second-order valence-corrected chi connectivity index (χ2v) is 5.32. The van der Waals surface area contributed by atoms with Crippen LogP contribution in [-0.2, 0) is 4.74 Å². The Hall–Kier alpha value is -0.290. The van der Waals surface area contributed by atoms with Crippen LogP contribution in [-0.4, -0.2) is 25.9 Å². The predicted octanol–water partition coefficient (Wildman–Crippen LogP) is 3.11. The van der Waals surface area contributed by atoms with Gasteiger partial charge >= 0.3 is 6.18 Å². The number of hydrogen-bond acceptors (Lipinski definition) is 2. The van der Waals surface area contributed by atoms with Crippen molar-refractivity contribution in [3.63, 3.8) is 0 Å². The van der Waals surface area contributed by atoms with Gasteiger partial charge in [0.2, 0.25) is 0 Å². The largest absolute Gasteiger partial charge is 0.411 e. The highest BCUT2D eigenvalue weighted by atomic mass is 19.4. The summed E-state index contributed by atoms with van der Waals surface area (Å²) < 4.78 is 40.1. The molecule has 2 nitrogen and oxygen atoms in total. The first-order chi connectivity index (χ1) is 7.87. The van der Waals surface area contributed by atoms with Gasteiger partial charge in [-0.15, -0.1) is 0 Å². The first-order valence-corrected chi connectivity index (χ1v) is 6.21. The van der Waals surface area contributed by atoms with E-state index in [1.165, 1.54) is 6.42 Å². The fourth-order valence-electron chi connectivity index (χ4n) is 2.75. The van der Waals surface area contributed by atoms with Crippen molar-refractivity contribution in [1.29, 1.82) is 0 Å². The van der Waals surface area contributed by atoms with Crippen LogP contribution in [0.1, 0.15) is 39.0 Å². The number of halogens is 3. The lowest BCUT2D eigenvalue weighted by Gasteiger charge is -2.27. The van der Waals surface area contributed by atoms with Crippen molar-refractivity contribution in [2.75, 3.05) is 19.8 Å². The zero-order valence-electron chi connectivity index (χ0n) is 10.4. The van der Waals surface area contributed by atoms with E-state index in [1.807, 2.05) is 0 Å². The SMILES string of the molecule is CC1CCC(CN)(CCCOCC(F)(F)F)C1. The summed E-state index contributed by atoms with van der Waals surface area (Å²) in [6, 6.07) is 0. The van der Waals surface area contributed by atoms with Gasteiger partial charge in [0.25, 0.3) is 0 Å². The Balaban J connectivity index is 2.17. The number of hydrogen-bond donors (Lipinski definition) is 1. The molecule has 2 unspecified atom stereocenters. The van der Waals surface area contributed by atoms with Crippen LogP contribution in [0, 0.1) is 11.3 Å². The van der Waals surface area contributed by atoms with Crippen molar-refractivity contribution in [3.05, 3.63) is 0 Å². The van der Waals surface area contributed by atoms with Crippen molar-refractivity contribution >= 4 is 0 Å². The summed E-state index contributed by atoms with van der Waals surface area (Å²) in [5, 5.41) is 0. The number of ether oxygens (including phenoxy) is 1. The van der Waals surface area contributed by atoms with E-state index in [9.17, 15) is 13.2 Å². The average Bonchev–Trinajstić information content (AvgIpc) is 2.59. The molecule has 0 saturated heterocycles. The Morgan fingerprint density at radius 2 is 2.12 bits per heavy atom. The van der Waals surface area contributed by atoms with Gasteiger partial charge in [-0.3, -0.25) is 0 Å². The molecule has 0 bridgehead atoms. The Morgan fingerprint density at radius 3 is 2.59 bits per heavy atom. The highest BCUT2D eigenvalue weighted by Gasteiger charge is 2.35. The fraction of sp³-hybridized carbons (Fsp3) is 1.00. The molecule has 1 aliphatic carbocycles. The molecule has 1 aliphatic rings. The van der Waals surface area contributed by atoms with E-state index in [-0.39, 0.29) is 12.0 Å². The highest BCUT2D eigenvalue weighted by molar-refractivity contribution is 4.88. The maximum atomic E-state index is 11.8.